The minimum absolute atomic E-state index is 0.133. The Morgan fingerprint density at radius 1 is 1.34 bits per heavy atom. The van der Waals surface area contributed by atoms with Crippen molar-refractivity contribution >= 4 is 23.3 Å². The molecule has 0 N–H and O–H groups in total. The molecule has 168 valence electrons. The largest absolute Gasteiger partial charge is 0.496 e. The lowest BCUT2D eigenvalue weighted by atomic mass is 10.1. The highest BCUT2D eigenvalue weighted by Gasteiger charge is 2.21. The van der Waals surface area contributed by atoms with Crippen LogP contribution >= 0.6 is 11.3 Å². The highest BCUT2D eigenvalue weighted by atomic mass is 32.1. The normalized spacial score (nSPS) is 15.0. The van der Waals surface area contributed by atoms with E-state index in [1.807, 2.05) is 36.6 Å². The van der Waals surface area contributed by atoms with Crippen LogP contribution in [-0.4, -0.2) is 54.5 Å². The average Bonchev–Trinajstić information content (AvgIpc) is 3.54. The number of thiophene rings is 1. The zero-order chi connectivity index (χ0) is 22.5. The molecule has 0 aliphatic carbocycles. The Kier molecular flexibility index (Phi) is 6.87. The third-order valence-corrected chi connectivity index (χ3v) is 5.91. The molecule has 1 aliphatic rings. The summed E-state index contributed by atoms with van der Waals surface area (Å²) in [6.07, 6.45) is 4.22. The van der Waals surface area contributed by atoms with Gasteiger partial charge in [0.2, 0.25) is 11.8 Å². The van der Waals surface area contributed by atoms with Crippen LogP contribution in [0.4, 0.5) is 0 Å². The standard InChI is InChI=1S/C23H25N3O5S/c1-15-11-17-13-18(29-3)16(12-19(17)30-15)6-7-22(27)26(8-9-28-2)14-21-24-25-23(31-21)20-5-4-10-32-20/h4-7,10,12-13,15H,8-9,11,14H2,1-3H3/b7-6+. The minimum Gasteiger partial charge on any atom is -0.496 e. The second kappa shape index (κ2) is 9.97. The molecule has 9 heteroatoms. The first-order valence-corrected chi connectivity index (χ1v) is 11.1. The number of methoxy groups -OCH3 is 2. The van der Waals surface area contributed by atoms with Crippen molar-refractivity contribution in [3.63, 3.8) is 0 Å². The smallest absolute Gasteiger partial charge is 0.257 e. The molecule has 32 heavy (non-hydrogen) atoms. The number of hydrogen-bond donors (Lipinski definition) is 0. The van der Waals surface area contributed by atoms with Gasteiger partial charge in [-0.25, -0.2) is 0 Å². The fraction of sp³-hybridized carbons (Fsp3) is 0.348. The molecule has 1 unspecified atom stereocenters. The first-order valence-electron chi connectivity index (χ1n) is 10.3. The Morgan fingerprint density at radius 3 is 2.97 bits per heavy atom. The molecular formula is C23H25N3O5S. The van der Waals surface area contributed by atoms with Gasteiger partial charge in [-0.1, -0.05) is 6.07 Å². The van der Waals surface area contributed by atoms with E-state index < -0.39 is 0 Å². The molecular weight excluding hydrogens is 430 g/mol. The lowest BCUT2D eigenvalue weighted by molar-refractivity contribution is -0.127. The number of aromatic nitrogens is 2. The van der Waals surface area contributed by atoms with Gasteiger partial charge in [0, 0.05) is 37.3 Å². The molecule has 1 atom stereocenters. The predicted molar refractivity (Wildman–Crippen MR) is 121 cm³/mol. The molecule has 1 aromatic carbocycles. The van der Waals surface area contributed by atoms with Crippen LogP contribution in [-0.2, 0) is 22.5 Å². The fourth-order valence-corrected chi connectivity index (χ4v) is 4.12. The maximum atomic E-state index is 13.0. The molecule has 0 fully saturated rings. The second-order valence-electron chi connectivity index (χ2n) is 7.40. The summed E-state index contributed by atoms with van der Waals surface area (Å²) in [5.41, 5.74) is 1.88. The van der Waals surface area contributed by atoms with E-state index in [2.05, 4.69) is 10.2 Å². The van der Waals surface area contributed by atoms with E-state index in [9.17, 15) is 4.79 Å². The quantitative estimate of drug-likeness (QED) is 0.453. The number of rotatable bonds is 9. The van der Waals surface area contributed by atoms with Crippen LogP contribution in [0.3, 0.4) is 0 Å². The number of nitrogens with zero attached hydrogens (tertiary/aromatic N) is 3. The maximum Gasteiger partial charge on any atom is 0.257 e. The Labute approximate surface area is 190 Å². The van der Waals surface area contributed by atoms with Crippen LogP contribution in [0.15, 0.2) is 40.1 Å². The van der Waals surface area contributed by atoms with E-state index in [0.717, 1.165) is 28.2 Å². The zero-order valence-corrected chi connectivity index (χ0v) is 19.1. The van der Waals surface area contributed by atoms with Crippen molar-refractivity contribution in [2.24, 2.45) is 0 Å². The molecule has 0 radical (unpaired) electrons. The molecule has 2 aromatic heterocycles. The zero-order valence-electron chi connectivity index (χ0n) is 18.2. The van der Waals surface area contributed by atoms with Crippen molar-refractivity contribution in [1.82, 2.24) is 15.1 Å². The van der Waals surface area contributed by atoms with E-state index >= 15 is 0 Å². The minimum atomic E-state index is -0.199. The van der Waals surface area contributed by atoms with Crippen molar-refractivity contribution in [3.8, 4) is 22.3 Å². The van der Waals surface area contributed by atoms with E-state index in [1.165, 1.54) is 17.4 Å². The number of carbonyl (C=O) groups excluding carboxylic acids is 1. The molecule has 8 nitrogen and oxygen atoms in total. The van der Waals surface area contributed by atoms with E-state index in [1.54, 1.807) is 25.2 Å². The fourth-order valence-electron chi connectivity index (χ4n) is 3.48. The van der Waals surface area contributed by atoms with E-state index in [4.69, 9.17) is 18.6 Å². The summed E-state index contributed by atoms with van der Waals surface area (Å²) in [7, 11) is 3.21. The average molecular weight is 456 g/mol. The topological polar surface area (TPSA) is 86.9 Å². The Balaban J connectivity index is 1.50. The number of hydrogen-bond acceptors (Lipinski definition) is 8. The van der Waals surface area contributed by atoms with Crippen LogP contribution in [0.2, 0.25) is 0 Å². The molecule has 1 aliphatic heterocycles. The number of ether oxygens (including phenoxy) is 3. The van der Waals surface area contributed by atoms with Gasteiger partial charge in [0.05, 0.1) is 25.1 Å². The number of fused-ring (bicyclic) bond motifs is 1. The van der Waals surface area contributed by atoms with Crippen LogP contribution < -0.4 is 9.47 Å². The number of benzene rings is 1. The van der Waals surface area contributed by atoms with Gasteiger partial charge in [-0.05, 0) is 36.6 Å². The lowest BCUT2D eigenvalue weighted by Gasteiger charge is -2.18. The summed E-state index contributed by atoms with van der Waals surface area (Å²) >= 11 is 1.52. The first-order chi connectivity index (χ1) is 15.6. The summed E-state index contributed by atoms with van der Waals surface area (Å²) in [5.74, 6) is 2.14. The van der Waals surface area contributed by atoms with Crippen LogP contribution in [0.5, 0.6) is 11.5 Å². The molecule has 1 amide bonds. The summed E-state index contributed by atoms with van der Waals surface area (Å²) in [6.45, 7) is 2.99. The van der Waals surface area contributed by atoms with Crippen LogP contribution in [0.25, 0.3) is 16.8 Å². The highest BCUT2D eigenvalue weighted by Crippen LogP contribution is 2.35. The van der Waals surface area contributed by atoms with Gasteiger partial charge in [-0.15, -0.1) is 21.5 Å². The summed E-state index contributed by atoms with van der Waals surface area (Å²) in [5, 5.41) is 10.1. The summed E-state index contributed by atoms with van der Waals surface area (Å²) in [4.78, 5) is 15.5. The van der Waals surface area contributed by atoms with E-state index in [0.29, 0.717) is 30.7 Å². The molecule has 0 saturated heterocycles. The van der Waals surface area contributed by atoms with Crippen LogP contribution in [0.1, 0.15) is 23.9 Å². The molecule has 0 saturated carbocycles. The van der Waals surface area contributed by atoms with Gasteiger partial charge >= 0.3 is 0 Å². The highest BCUT2D eigenvalue weighted by molar-refractivity contribution is 7.13. The maximum absolute atomic E-state index is 13.0. The van der Waals surface area contributed by atoms with Crippen LogP contribution in [0, 0.1) is 0 Å². The first kappa shape index (κ1) is 22.0. The third kappa shape index (κ3) is 5.00. The van der Waals surface area contributed by atoms with Gasteiger partial charge in [0.15, 0.2) is 0 Å². The Bertz CT molecular complexity index is 1090. The van der Waals surface area contributed by atoms with Gasteiger partial charge < -0.3 is 23.5 Å². The van der Waals surface area contributed by atoms with Crippen molar-refractivity contribution in [3.05, 3.63) is 52.7 Å². The number of carbonyl (C=O) groups is 1. The van der Waals surface area contributed by atoms with Gasteiger partial charge in [-0.3, -0.25) is 4.79 Å². The third-order valence-electron chi connectivity index (χ3n) is 5.06. The summed E-state index contributed by atoms with van der Waals surface area (Å²) in [6, 6.07) is 7.71. The van der Waals surface area contributed by atoms with Crippen molar-refractivity contribution in [2.45, 2.75) is 26.0 Å². The van der Waals surface area contributed by atoms with Gasteiger partial charge in [0.1, 0.15) is 17.6 Å². The van der Waals surface area contributed by atoms with Crippen molar-refractivity contribution < 1.29 is 23.4 Å². The molecule has 3 aromatic rings. The Morgan fingerprint density at radius 2 is 2.22 bits per heavy atom. The molecule has 0 spiro atoms. The monoisotopic (exact) mass is 455 g/mol. The molecule has 4 rings (SSSR count). The van der Waals surface area contributed by atoms with Gasteiger partial charge in [-0.2, -0.15) is 0 Å². The predicted octanol–water partition coefficient (Wildman–Crippen LogP) is 3.82. The molecule has 0 bridgehead atoms. The van der Waals surface area contributed by atoms with Crippen molar-refractivity contribution in [2.75, 3.05) is 27.4 Å². The SMILES string of the molecule is COCCN(Cc1nnc(-c2cccs2)o1)C(=O)/C=C/c1cc2c(cc1OC)CC(C)O2. The van der Waals surface area contributed by atoms with Gasteiger partial charge in [0.25, 0.3) is 5.89 Å². The number of amides is 1. The van der Waals surface area contributed by atoms with E-state index in [-0.39, 0.29) is 18.6 Å². The lowest BCUT2D eigenvalue weighted by Crippen LogP contribution is -2.32. The Hall–Kier alpha value is -3.17. The molecule has 3 heterocycles. The van der Waals surface area contributed by atoms with Crippen molar-refractivity contribution in [1.29, 1.82) is 0 Å². The second-order valence-corrected chi connectivity index (χ2v) is 8.35. The summed E-state index contributed by atoms with van der Waals surface area (Å²) < 4.78 is 22.3.